The van der Waals surface area contributed by atoms with E-state index in [1.165, 1.54) is 5.56 Å². The van der Waals surface area contributed by atoms with Crippen molar-refractivity contribution < 1.29 is 9.84 Å². The second kappa shape index (κ2) is 7.33. The number of rotatable bonds is 5. The predicted molar refractivity (Wildman–Crippen MR) is 107 cm³/mol. The molecule has 26 heavy (non-hydrogen) atoms. The first-order valence-electron chi connectivity index (χ1n) is 9.11. The fourth-order valence-corrected chi connectivity index (χ4v) is 5.21. The van der Waals surface area contributed by atoms with Gasteiger partial charge in [0.05, 0.1) is 12.4 Å². The summed E-state index contributed by atoms with van der Waals surface area (Å²) in [6.45, 7) is 1.69. The Morgan fingerprint density at radius 3 is 2.69 bits per heavy atom. The summed E-state index contributed by atoms with van der Waals surface area (Å²) in [7, 11) is 1.66. The number of aryl methyl sites for hydroxylation is 1. The molecule has 1 saturated heterocycles. The molecule has 1 fully saturated rings. The van der Waals surface area contributed by atoms with E-state index in [0.717, 1.165) is 48.8 Å². The second-order valence-electron chi connectivity index (χ2n) is 6.75. The SMILES string of the molecule is COc1ccc(C2(O)C(CCc3ccccc3)SC3=NCCCN32)cc1. The highest BCUT2D eigenvalue weighted by atomic mass is 32.2. The number of methoxy groups -OCH3 is 1. The summed E-state index contributed by atoms with van der Waals surface area (Å²) in [5.41, 5.74) is 1.19. The Kier molecular flexibility index (Phi) is 4.92. The van der Waals surface area contributed by atoms with Crippen molar-refractivity contribution in [2.75, 3.05) is 20.2 Å². The quantitative estimate of drug-likeness (QED) is 0.875. The van der Waals surface area contributed by atoms with Crippen LogP contribution in [0.25, 0.3) is 0 Å². The van der Waals surface area contributed by atoms with Crippen LogP contribution >= 0.6 is 11.8 Å². The van der Waals surface area contributed by atoms with Gasteiger partial charge in [0.2, 0.25) is 0 Å². The summed E-state index contributed by atoms with van der Waals surface area (Å²) in [5, 5.41) is 12.9. The van der Waals surface area contributed by atoms with Gasteiger partial charge in [-0.1, -0.05) is 54.2 Å². The first-order valence-corrected chi connectivity index (χ1v) is 9.99. The molecule has 0 saturated carbocycles. The minimum absolute atomic E-state index is 0.0490. The van der Waals surface area contributed by atoms with Gasteiger partial charge in [0, 0.05) is 18.7 Å². The maximum Gasteiger partial charge on any atom is 0.178 e. The van der Waals surface area contributed by atoms with Crippen LogP contribution in [-0.2, 0) is 12.1 Å². The van der Waals surface area contributed by atoms with Crippen LogP contribution in [0.5, 0.6) is 5.75 Å². The van der Waals surface area contributed by atoms with Crippen molar-refractivity contribution in [3.8, 4) is 5.75 Å². The second-order valence-corrected chi connectivity index (χ2v) is 7.92. The topological polar surface area (TPSA) is 45.1 Å². The lowest BCUT2D eigenvalue weighted by Gasteiger charge is -2.39. The molecule has 1 N–H and O–H groups in total. The zero-order valence-corrected chi connectivity index (χ0v) is 15.8. The van der Waals surface area contributed by atoms with E-state index >= 15 is 0 Å². The van der Waals surface area contributed by atoms with Crippen LogP contribution in [0.15, 0.2) is 59.6 Å². The standard InChI is InChI=1S/C21H24N2O2S/c1-25-18-11-9-17(10-12-18)21(24)19(13-8-16-6-3-2-4-7-16)26-20-22-14-5-15-23(20)21/h2-4,6-7,9-12,19,24H,5,8,13-15H2,1H3. The Bertz CT molecular complexity index is 778. The van der Waals surface area contributed by atoms with Gasteiger partial charge in [0.15, 0.2) is 10.9 Å². The number of thioether (sulfide) groups is 1. The monoisotopic (exact) mass is 368 g/mol. The maximum atomic E-state index is 11.8. The highest BCUT2D eigenvalue weighted by Gasteiger charge is 2.52. The number of benzene rings is 2. The number of hydrogen-bond donors (Lipinski definition) is 1. The molecule has 2 atom stereocenters. The molecule has 0 radical (unpaired) electrons. The maximum absolute atomic E-state index is 11.8. The van der Waals surface area contributed by atoms with Crippen LogP contribution < -0.4 is 4.74 Å². The van der Waals surface area contributed by atoms with Gasteiger partial charge in [0.1, 0.15) is 5.75 Å². The molecular formula is C21H24N2O2S. The normalized spacial score (nSPS) is 24.9. The molecule has 0 aromatic heterocycles. The van der Waals surface area contributed by atoms with E-state index in [-0.39, 0.29) is 5.25 Å². The van der Waals surface area contributed by atoms with Crippen molar-refractivity contribution >= 4 is 16.9 Å². The summed E-state index contributed by atoms with van der Waals surface area (Å²) in [6, 6.07) is 18.3. The molecule has 5 heteroatoms. The van der Waals surface area contributed by atoms with Crippen LogP contribution in [0.3, 0.4) is 0 Å². The Morgan fingerprint density at radius 2 is 1.96 bits per heavy atom. The number of amidine groups is 1. The number of ether oxygens (including phenoxy) is 1. The van der Waals surface area contributed by atoms with E-state index in [4.69, 9.17) is 4.74 Å². The van der Waals surface area contributed by atoms with Gasteiger partial charge in [-0.05, 0) is 37.0 Å². The minimum atomic E-state index is -1.02. The highest BCUT2D eigenvalue weighted by molar-refractivity contribution is 8.14. The van der Waals surface area contributed by atoms with Crippen LogP contribution in [-0.4, -0.2) is 40.6 Å². The van der Waals surface area contributed by atoms with Crippen LogP contribution in [0, 0.1) is 0 Å². The molecule has 2 aliphatic rings. The lowest BCUT2D eigenvalue weighted by atomic mass is 9.93. The van der Waals surface area contributed by atoms with Gasteiger partial charge in [0.25, 0.3) is 0 Å². The largest absolute Gasteiger partial charge is 0.497 e. The van der Waals surface area contributed by atoms with Gasteiger partial charge in [-0.15, -0.1) is 0 Å². The average molecular weight is 369 g/mol. The fraction of sp³-hybridized carbons (Fsp3) is 0.381. The minimum Gasteiger partial charge on any atom is -0.497 e. The Morgan fingerprint density at radius 1 is 1.19 bits per heavy atom. The van der Waals surface area contributed by atoms with E-state index in [2.05, 4.69) is 34.2 Å². The summed E-state index contributed by atoms with van der Waals surface area (Å²) in [5.74, 6) is 0.802. The summed E-state index contributed by atoms with van der Waals surface area (Å²) >= 11 is 1.72. The van der Waals surface area contributed by atoms with E-state index in [9.17, 15) is 5.11 Å². The average Bonchev–Trinajstić information content (AvgIpc) is 3.00. The number of aliphatic hydroxyl groups is 1. The van der Waals surface area contributed by atoms with Crippen LogP contribution in [0.1, 0.15) is 24.0 Å². The molecule has 4 rings (SSSR count). The van der Waals surface area contributed by atoms with Gasteiger partial charge in [-0.25, -0.2) is 0 Å². The molecule has 2 aromatic carbocycles. The zero-order valence-electron chi connectivity index (χ0n) is 15.0. The molecule has 0 amide bonds. The predicted octanol–water partition coefficient (Wildman–Crippen LogP) is 3.65. The number of hydrogen-bond acceptors (Lipinski definition) is 5. The zero-order chi connectivity index (χ0) is 18.0. The van der Waals surface area contributed by atoms with Gasteiger partial charge >= 0.3 is 0 Å². The van der Waals surface area contributed by atoms with Crippen molar-refractivity contribution in [1.29, 1.82) is 0 Å². The fourth-order valence-electron chi connectivity index (χ4n) is 3.77. The Hall–Kier alpha value is -1.98. The smallest absolute Gasteiger partial charge is 0.178 e. The first kappa shape index (κ1) is 17.4. The summed E-state index contributed by atoms with van der Waals surface area (Å²) in [6.07, 6.45) is 2.82. The molecule has 0 bridgehead atoms. The number of aliphatic imine (C=N–C) groups is 1. The van der Waals surface area contributed by atoms with Gasteiger partial charge in [-0.2, -0.15) is 0 Å². The molecule has 136 valence electrons. The third kappa shape index (κ3) is 3.10. The Labute approximate surface area is 158 Å². The first-order chi connectivity index (χ1) is 12.7. The number of fused-ring (bicyclic) bond motifs is 1. The van der Waals surface area contributed by atoms with Crippen molar-refractivity contribution in [3.63, 3.8) is 0 Å². The third-order valence-corrected chi connectivity index (χ3v) is 6.59. The number of nitrogens with zero attached hydrogens (tertiary/aromatic N) is 2. The van der Waals surface area contributed by atoms with E-state index < -0.39 is 5.72 Å². The van der Waals surface area contributed by atoms with Crippen molar-refractivity contribution in [2.45, 2.75) is 30.2 Å². The summed E-state index contributed by atoms with van der Waals surface area (Å²) in [4.78, 5) is 6.77. The van der Waals surface area contributed by atoms with Gasteiger partial charge in [-0.3, -0.25) is 4.99 Å². The lowest BCUT2D eigenvalue weighted by Crippen LogP contribution is -2.50. The van der Waals surface area contributed by atoms with Crippen molar-refractivity contribution in [1.82, 2.24) is 4.90 Å². The Balaban J connectivity index is 1.64. The molecule has 0 spiro atoms. The third-order valence-electron chi connectivity index (χ3n) is 5.18. The molecular weight excluding hydrogens is 344 g/mol. The van der Waals surface area contributed by atoms with Crippen molar-refractivity contribution in [3.05, 3.63) is 65.7 Å². The van der Waals surface area contributed by atoms with Crippen LogP contribution in [0.2, 0.25) is 0 Å². The lowest BCUT2D eigenvalue weighted by molar-refractivity contribution is -0.0735. The van der Waals surface area contributed by atoms with E-state index in [0.29, 0.717) is 0 Å². The molecule has 4 nitrogen and oxygen atoms in total. The van der Waals surface area contributed by atoms with Crippen LogP contribution in [0.4, 0.5) is 0 Å². The van der Waals surface area contributed by atoms with E-state index in [1.807, 2.05) is 30.3 Å². The molecule has 2 unspecified atom stereocenters. The molecule has 2 heterocycles. The molecule has 0 aliphatic carbocycles. The molecule has 2 aromatic rings. The summed E-state index contributed by atoms with van der Waals surface area (Å²) < 4.78 is 5.28. The van der Waals surface area contributed by atoms with Gasteiger partial charge < -0.3 is 14.7 Å². The van der Waals surface area contributed by atoms with E-state index in [1.54, 1.807) is 18.9 Å². The molecule has 2 aliphatic heterocycles. The highest BCUT2D eigenvalue weighted by Crippen LogP contribution is 2.48. The van der Waals surface area contributed by atoms with Crippen molar-refractivity contribution in [2.24, 2.45) is 4.99 Å².